The minimum Gasteiger partial charge on any atom is -0.316 e. The molecule has 0 aromatic heterocycles. The molecule has 1 heterocycles. The molecule has 1 atom stereocenters. The minimum atomic E-state index is 0.708. The van der Waals surface area contributed by atoms with Crippen molar-refractivity contribution in [2.75, 3.05) is 26.2 Å². The summed E-state index contributed by atoms with van der Waals surface area (Å²) < 4.78 is 0. The Bertz CT molecular complexity index is 175. The molecule has 0 aromatic carbocycles. The van der Waals surface area contributed by atoms with Gasteiger partial charge >= 0.3 is 0 Å². The van der Waals surface area contributed by atoms with Crippen LogP contribution in [0.4, 0.5) is 0 Å². The van der Waals surface area contributed by atoms with Crippen LogP contribution in [-0.4, -0.2) is 26.2 Å². The van der Waals surface area contributed by atoms with Gasteiger partial charge in [-0.2, -0.15) is 0 Å². The molecule has 1 saturated carbocycles. The predicted molar refractivity (Wildman–Crippen MR) is 60.4 cm³/mol. The van der Waals surface area contributed by atoms with Crippen molar-refractivity contribution >= 4 is 0 Å². The normalized spacial score (nSPS) is 29.4. The molecule has 0 bridgehead atoms. The van der Waals surface area contributed by atoms with Crippen LogP contribution in [0.1, 0.15) is 39.0 Å². The van der Waals surface area contributed by atoms with Crippen molar-refractivity contribution < 1.29 is 0 Å². The molecule has 2 aliphatic rings. The third kappa shape index (κ3) is 1.96. The predicted octanol–water partition coefficient (Wildman–Crippen LogP) is 1.77. The van der Waals surface area contributed by atoms with E-state index >= 15 is 0 Å². The molecule has 1 spiro atoms. The summed E-state index contributed by atoms with van der Waals surface area (Å²) in [6.45, 7) is 7.24. The van der Waals surface area contributed by atoms with Crippen LogP contribution in [-0.2, 0) is 0 Å². The van der Waals surface area contributed by atoms with Crippen LogP contribution in [0.15, 0.2) is 0 Å². The number of unbranched alkanes of at least 4 members (excludes halogenated alkanes) is 1. The molecular weight excluding hydrogens is 172 g/mol. The summed E-state index contributed by atoms with van der Waals surface area (Å²) in [5.74, 6) is 0.910. The highest BCUT2D eigenvalue weighted by Gasteiger charge is 2.46. The minimum absolute atomic E-state index is 0.708. The summed E-state index contributed by atoms with van der Waals surface area (Å²) in [4.78, 5) is 0. The van der Waals surface area contributed by atoms with E-state index in [0.29, 0.717) is 5.41 Å². The zero-order chi connectivity index (χ0) is 9.86. The maximum Gasteiger partial charge on any atom is 0.00116 e. The summed E-state index contributed by atoms with van der Waals surface area (Å²) in [7, 11) is 0. The molecule has 82 valence electrons. The first-order valence-electron chi connectivity index (χ1n) is 6.29. The second kappa shape index (κ2) is 4.63. The van der Waals surface area contributed by atoms with Crippen molar-refractivity contribution in [3.8, 4) is 0 Å². The molecule has 2 heteroatoms. The molecule has 2 rings (SSSR count). The Hall–Kier alpha value is -0.0800. The summed E-state index contributed by atoms with van der Waals surface area (Å²) in [5, 5.41) is 7.18. The lowest BCUT2D eigenvalue weighted by Gasteiger charge is -2.43. The van der Waals surface area contributed by atoms with Gasteiger partial charge in [0.05, 0.1) is 0 Å². The van der Waals surface area contributed by atoms with E-state index in [2.05, 4.69) is 17.6 Å². The highest BCUT2D eigenvalue weighted by molar-refractivity contribution is 5.00. The quantitative estimate of drug-likeness (QED) is 0.655. The molecule has 2 N–H and O–H groups in total. The van der Waals surface area contributed by atoms with Gasteiger partial charge in [-0.15, -0.1) is 0 Å². The van der Waals surface area contributed by atoms with Gasteiger partial charge < -0.3 is 10.6 Å². The number of hydrogen-bond acceptors (Lipinski definition) is 2. The van der Waals surface area contributed by atoms with E-state index in [1.807, 2.05) is 0 Å². The Balaban J connectivity index is 1.69. The van der Waals surface area contributed by atoms with Crippen molar-refractivity contribution in [2.24, 2.45) is 11.3 Å². The van der Waals surface area contributed by atoms with Gasteiger partial charge in [-0.25, -0.2) is 0 Å². The lowest BCUT2D eigenvalue weighted by molar-refractivity contribution is 0.0972. The Labute approximate surface area is 87.8 Å². The van der Waals surface area contributed by atoms with Crippen LogP contribution in [0.2, 0.25) is 0 Å². The first kappa shape index (κ1) is 10.4. The Morgan fingerprint density at radius 1 is 1.43 bits per heavy atom. The van der Waals surface area contributed by atoms with Gasteiger partial charge in [-0.1, -0.05) is 19.8 Å². The standard InChI is InChI=1S/C12H24N2/c1-2-3-7-13-8-11-9-14-10-12(11)5-4-6-12/h11,13-14H,2-10H2,1H3. The third-order valence-electron chi connectivity index (χ3n) is 4.18. The zero-order valence-corrected chi connectivity index (χ0v) is 9.44. The number of rotatable bonds is 5. The van der Waals surface area contributed by atoms with E-state index in [1.165, 1.54) is 58.3 Å². The second-order valence-electron chi connectivity index (χ2n) is 5.10. The van der Waals surface area contributed by atoms with E-state index in [0.717, 1.165) is 5.92 Å². The van der Waals surface area contributed by atoms with Crippen molar-refractivity contribution in [3.05, 3.63) is 0 Å². The van der Waals surface area contributed by atoms with Crippen LogP contribution in [0, 0.1) is 11.3 Å². The maximum atomic E-state index is 3.61. The fourth-order valence-corrected chi connectivity index (χ4v) is 2.94. The van der Waals surface area contributed by atoms with Crippen LogP contribution in [0.5, 0.6) is 0 Å². The molecule has 2 fully saturated rings. The van der Waals surface area contributed by atoms with Gasteiger partial charge in [-0.05, 0) is 50.2 Å². The highest BCUT2D eigenvalue weighted by Crippen LogP contribution is 2.48. The molecule has 2 nitrogen and oxygen atoms in total. The Morgan fingerprint density at radius 2 is 2.29 bits per heavy atom. The van der Waals surface area contributed by atoms with Gasteiger partial charge in [0.2, 0.25) is 0 Å². The fraction of sp³-hybridized carbons (Fsp3) is 1.00. The molecule has 0 aromatic rings. The SMILES string of the molecule is CCCCNCC1CNCC12CCC2. The molecular formula is C12H24N2. The summed E-state index contributed by atoms with van der Waals surface area (Å²) in [6.07, 6.45) is 7.04. The maximum absolute atomic E-state index is 3.61. The first-order chi connectivity index (χ1) is 6.87. The summed E-state index contributed by atoms with van der Waals surface area (Å²) >= 11 is 0. The molecule has 1 unspecified atom stereocenters. The van der Waals surface area contributed by atoms with E-state index in [-0.39, 0.29) is 0 Å². The molecule has 14 heavy (non-hydrogen) atoms. The largest absolute Gasteiger partial charge is 0.316 e. The van der Waals surface area contributed by atoms with Crippen molar-refractivity contribution in [1.82, 2.24) is 10.6 Å². The highest BCUT2D eigenvalue weighted by atomic mass is 15.0. The van der Waals surface area contributed by atoms with Crippen molar-refractivity contribution in [2.45, 2.75) is 39.0 Å². The topological polar surface area (TPSA) is 24.1 Å². The van der Waals surface area contributed by atoms with Gasteiger partial charge in [0.1, 0.15) is 0 Å². The first-order valence-corrected chi connectivity index (χ1v) is 6.29. The third-order valence-corrected chi connectivity index (χ3v) is 4.18. The van der Waals surface area contributed by atoms with Gasteiger partial charge in [0.15, 0.2) is 0 Å². The van der Waals surface area contributed by atoms with Crippen LogP contribution < -0.4 is 10.6 Å². The molecule has 0 radical (unpaired) electrons. The smallest absolute Gasteiger partial charge is 0.00116 e. The Morgan fingerprint density at radius 3 is 2.93 bits per heavy atom. The summed E-state index contributed by atoms with van der Waals surface area (Å²) in [5.41, 5.74) is 0.708. The second-order valence-corrected chi connectivity index (χ2v) is 5.10. The zero-order valence-electron chi connectivity index (χ0n) is 9.44. The lowest BCUT2D eigenvalue weighted by atomic mass is 9.63. The van der Waals surface area contributed by atoms with E-state index in [4.69, 9.17) is 0 Å². The number of hydrogen-bond donors (Lipinski definition) is 2. The summed E-state index contributed by atoms with van der Waals surface area (Å²) in [6, 6.07) is 0. The van der Waals surface area contributed by atoms with E-state index < -0.39 is 0 Å². The number of nitrogens with one attached hydrogen (secondary N) is 2. The van der Waals surface area contributed by atoms with E-state index in [1.54, 1.807) is 0 Å². The molecule has 0 amide bonds. The van der Waals surface area contributed by atoms with Crippen LogP contribution in [0.25, 0.3) is 0 Å². The Kier molecular flexibility index (Phi) is 3.45. The molecule has 1 aliphatic carbocycles. The molecule has 1 aliphatic heterocycles. The van der Waals surface area contributed by atoms with Crippen LogP contribution >= 0.6 is 0 Å². The van der Waals surface area contributed by atoms with Crippen LogP contribution in [0.3, 0.4) is 0 Å². The molecule has 1 saturated heterocycles. The van der Waals surface area contributed by atoms with Gasteiger partial charge in [-0.3, -0.25) is 0 Å². The van der Waals surface area contributed by atoms with Gasteiger partial charge in [0, 0.05) is 6.54 Å². The average molecular weight is 196 g/mol. The van der Waals surface area contributed by atoms with Crippen molar-refractivity contribution in [1.29, 1.82) is 0 Å². The van der Waals surface area contributed by atoms with Crippen molar-refractivity contribution in [3.63, 3.8) is 0 Å². The lowest BCUT2D eigenvalue weighted by Crippen LogP contribution is -2.41. The van der Waals surface area contributed by atoms with E-state index in [9.17, 15) is 0 Å². The monoisotopic (exact) mass is 196 g/mol. The fourth-order valence-electron chi connectivity index (χ4n) is 2.94. The average Bonchev–Trinajstić information content (AvgIpc) is 2.55. The van der Waals surface area contributed by atoms with Gasteiger partial charge in [0.25, 0.3) is 0 Å².